The summed E-state index contributed by atoms with van der Waals surface area (Å²) in [5.74, 6) is 4.21. The van der Waals surface area contributed by atoms with Gasteiger partial charge in [-0.25, -0.2) is 0 Å². The zero-order chi connectivity index (χ0) is 13.3. The van der Waals surface area contributed by atoms with Crippen LogP contribution < -0.4 is 5.32 Å². The Morgan fingerprint density at radius 1 is 1.37 bits per heavy atom. The van der Waals surface area contributed by atoms with Gasteiger partial charge in [-0.05, 0) is 43.9 Å². The molecule has 1 atom stereocenters. The zero-order valence-electron chi connectivity index (χ0n) is 12.1. The number of hydrogen-bond donors (Lipinski definition) is 1. The van der Waals surface area contributed by atoms with Crippen molar-refractivity contribution in [3.8, 4) is 0 Å². The van der Waals surface area contributed by atoms with Crippen LogP contribution in [0.4, 0.5) is 0 Å². The van der Waals surface area contributed by atoms with E-state index in [1.54, 1.807) is 6.26 Å². The summed E-state index contributed by atoms with van der Waals surface area (Å²) < 4.78 is 5.40. The van der Waals surface area contributed by atoms with Gasteiger partial charge >= 0.3 is 0 Å². The molecule has 19 heavy (non-hydrogen) atoms. The highest BCUT2D eigenvalue weighted by Crippen LogP contribution is 2.28. The molecule has 2 rings (SSSR count). The Morgan fingerprint density at radius 3 is 2.89 bits per heavy atom. The average Bonchev–Trinajstić information content (AvgIpc) is 2.97. The molecule has 108 valence electrons. The summed E-state index contributed by atoms with van der Waals surface area (Å²) >= 11 is 2.01. The topological polar surface area (TPSA) is 25.2 Å². The van der Waals surface area contributed by atoms with E-state index in [-0.39, 0.29) is 0 Å². The van der Waals surface area contributed by atoms with Crippen LogP contribution in [-0.4, -0.2) is 18.3 Å². The summed E-state index contributed by atoms with van der Waals surface area (Å²) in [6.07, 6.45) is 10.1. The van der Waals surface area contributed by atoms with E-state index in [1.165, 1.54) is 44.3 Å². The molecule has 1 heterocycles. The fourth-order valence-corrected chi connectivity index (χ4v) is 4.04. The van der Waals surface area contributed by atoms with Crippen molar-refractivity contribution in [1.82, 2.24) is 5.32 Å². The molecule has 1 aliphatic carbocycles. The SMILES string of the molecule is CCCNC(CSCc1ccco1)C1CCCCC1. The number of rotatable bonds is 8. The van der Waals surface area contributed by atoms with Crippen molar-refractivity contribution in [2.24, 2.45) is 5.92 Å². The second kappa shape index (κ2) is 8.70. The Labute approximate surface area is 121 Å². The van der Waals surface area contributed by atoms with Gasteiger partial charge in [0.05, 0.1) is 12.0 Å². The van der Waals surface area contributed by atoms with Crippen LogP contribution in [-0.2, 0) is 5.75 Å². The Morgan fingerprint density at radius 2 is 2.21 bits per heavy atom. The lowest BCUT2D eigenvalue weighted by Gasteiger charge is -2.31. The highest BCUT2D eigenvalue weighted by atomic mass is 32.2. The van der Waals surface area contributed by atoms with Gasteiger partial charge in [-0.3, -0.25) is 0 Å². The lowest BCUT2D eigenvalue weighted by atomic mass is 9.84. The molecule has 1 aromatic heterocycles. The average molecular weight is 281 g/mol. The summed E-state index contributed by atoms with van der Waals surface area (Å²) in [4.78, 5) is 0. The van der Waals surface area contributed by atoms with Gasteiger partial charge in [0.1, 0.15) is 5.76 Å². The highest BCUT2D eigenvalue weighted by Gasteiger charge is 2.22. The van der Waals surface area contributed by atoms with Crippen molar-refractivity contribution in [3.63, 3.8) is 0 Å². The maximum atomic E-state index is 5.40. The molecular formula is C16H27NOS. The molecule has 1 aromatic rings. The van der Waals surface area contributed by atoms with Crippen molar-refractivity contribution >= 4 is 11.8 Å². The fraction of sp³-hybridized carbons (Fsp3) is 0.750. The van der Waals surface area contributed by atoms with E-state index in [9.17, 15) is 0 Å². The van der Waals surface area contributed by atoms with E-state index in [0.717, 1.165) is 24.0 Å². The van der Waals surface area contributed by atoms with Crippen LogP contribution in [0.3, 0.4) is 0 Å². The lowest BCUT2D eigenvalue weighted by Crippen LogP contribution is -2.39. The van der Waals surface area contributed by atoms with Crippen LogP contribution in [0.25, 0.3) is 0 Å². The third-order valence-corrected chi connectivity index (χ3v) is 5.08. The van der Waals surface area contributed by atoms with Crippen LogP contribution in [0.1, 0.15) is 51.2 Å². The first-order valence-electron chi connectivity index (χ1n) is 7.73. The predicted octanol–water partition coefficient (Wildman–Crippen LogP) is 4.46. The van der Waals surface area contributed by atoms with Gasteiger partial charge in [0.2, 0.25) is 0 Å². The first kappa shape index (κ1) is 15.0. The van der Waals surface area contributed by atoms with Crippen molar-refractivity contribution < 1.29 is 4.42 Å². The van der Waals surface area contributed by atoms with Crippen molar-refractivity contribution in [3.05, 3.63) is 24.2 Å². The minimum Gasteiger partial charge on any atom is -0.468 e. The van der Waals surface area contributed by atoms with Gasteiger partial charge in [0, 0.05) is 11.8 Å². The first-order chi connectivity index (χ1) is 9.40. The number of nitrogens with one attached hydrogen (secondary N) is 1. The van der Waals surface area contributed by atoms with Crippen molar-refractivity contribution in [2.45, 2.75) is 57.2 Å². The molecule has 3 heteroatoms. The quantitative estimate of drug-likeness (QED) is 0.761. The minimum absolute atomic E-state index is 0.695. The monoisotopic (exact) mass is 281 g/mol. The predicted molar refractivity (Wildman–Crippen MR) is 83.5 cm³/mol. The molecule has 1 aliphatic rings. The number of furan rings is 1. The third-order valence-electron chi connectivity index (χ3n) is 4.00. The first-order valence-corrected chi connectivity index (χ1v) is 8.89. The fourth-order valence-electron chi connectivity index (χ4n) is 2.91. The van der Waals surface area contributed by atoms with E-state index < -0.39 is 0 Å². The van der Waals surface area contributed by atoms with Gasteiger partial charge in [0.25, 0.3) is 0 Å². The van der Waals surface area contributed by atoms with Crippen LogP contribution in [0.2, 0.25) is 0 Å². The minimum atomic E-state index is 0.695. The van der Waals surface area contributed by atoms with Crippen molar-refractivity contribution in [1.29, 1.82) is 0 Å². The van der Waals surface area contributed by atoms with Gasteiger partial charge in [-0.1, -0.05) is 26.2 Å². The Hall–Kier alpha value is -0.410. The maximum Gasteiger partial charge on any atom is 0.113 e. The third kappa shape index (κ3) is 5.23. The van der Waals surface area contributed by atoms with E-state index in [1.807, 2.05) is 17.8 Å². The summed E-state index contributed by atoms with van der Waals surface area (Å²) in [5, 5.41) is 3.77. The molecular weight excluding hydrogens is 254 g/mol. The molecule has 1 N–H and O–H groups in total. The molecule has 2 nitrogen and oxygen atoms in total. The number of hydrogen-bond acceptors (Lipinski definition) is 3. The van der Waals surface area contributed by atoms with Crippen molar-refractivity contribution in [2.75, 3.05) is 12.3 Å². The van der Waals surface area contributed by atoms with Gasteiger partial charge in [-0.15, -0.1) is 0 Å². The van der Waals surface area contributed by atoms with E-state index in [2.05, 4.69) is 18.3 Å². The Bertz CT molecular complexity index is 319. The van der Waals surface area contributed by atoms with Gasteiger partial charge in [0.15, 0.2) is 0 Å². The molecule has 0 amide bonds. The van der Waals surface area contributed by atoms with Crippen LogP contribution in [0.15, 0.2) is 22.8 Å². The Balaban J connectivity index is 1.75. The van der Waals surface area contributed by atoms with Gasteiger partial charge in [-0.2, -0.15) is 11.8 Å². The Kier molecular flexibility index (Phi) is 6.86. The van der Waals surface area contributed by atoms with Crippen LogP contribution in [0, 0.1) is 5.92 Å². The largest absolute Gasteiger partial charge is 0.468 e. The molecule has 0 aromatic carbocycles. The second-order valence-corrected chi connectivity index (χ2v) is 6.58. The summed E-state index contributed by atoms with van der Waals surface area (Å²) in [6, 6.07) is 4.74. The van der Waals surface area contributed by atoms with Gasteiger partial charge < -0.3 is 9.73 Å². The molecule has 1 fully saturated rings. The summed E-state index contributed by atoms with van der Waals surface area (Å²) in [6.45, 7) is 3.41. The molecule has 0 bridgehead atoms. The molecule has 0 saturated heterocycles. The molecule has 0 aliphatic heterocycles. The summed E-state index contributed by atoms with van der Waals surface area (Å²) in [5.41, 5.74) is 0. The zero-order valence-corrected chi connectivity index (χ0v) is 12.9. The van der Waals surface area contributed by atoms with Crippen LogP contribution in [0.5, 0.6) is 0 Å². The highest BCUT2D eigenvalue weighted by molar-refractivity contribution is 7.98. The smallest absolute Gasteiger partial charge is 0.113 e. The lowest BCUT2D eigenvalue weighted by molar-refractivity contribution is 0.285. The van der Waals surface area contributed by atoms with E-state index in [0.29, 0.717) is 6.04 Å². The van der Waals surface area contributed by atoms with E-state index in [4.69, 9.17) is 4.42 Å². The molecule has 0 radical (unpaired) electrons. The summed E-state index contributed by atoms with van der Waals surface area (Å²) in [7, 11) is 0. The second-order valence-electron chi connectivity index (χ2n) is 5.55. The molecule has 1 unspecified atom stereocenters. The van der Waals surface area contributed by atoms with E-state index >= 15 is 0 Å². The molecule has 0 spiro atoms. The maximum absolute atomic E-state index is 5.40. The standard InChI is InChI=1S/C16H27NOS/c1-2-10-17-16(14-7-4-3-5-8-14)13-19-12-15-9-6-11-18-15/h6,9,11,14,16-17H,2-5,7-8,10,12-13H2,1H3. The molecule has 1 saturated carbocycles. The normalized spacial score (nSPS) is 18.6. The van der Waals surface area contributed by atoms with Crippen LogP contribution >= 0.6 is 11.8 Å². The number of thioether (sulfide) groups is 1.